The number of benzene rings is 2. The van der Waals surface area contributed by atoms with Crippen LogP contribution in [0.3, 0.4) is 0 Å². The molecule has 5 nitrogen and oxygen atoms in total. The van der Waals surface area contributed by atoms with Crippen LogP contribution >= 0.6 is 0 Å². The number of piperazine rings is 1. The van der Waals surface area contributed by atoms with Gasteiger partial charge >= 0.3 is 6.18 Å². The highest BCUT2D eigenvalue weighted by atomic mass is 19.4. The van der Waals surface area contributed by atoms with Crippen molar-refractivity contribution in [2.24, 2.45) is 0 Å². The first-order valence-corrected chi connectivity index (χ1v) is 11.9. The number of carbonyl (C=O) groups is 1. The Morgan fingerprint density at radius 1 is 0.882 bits per heavy atom. The van der Waals surface area contributed by atoms with Crippen molar-refractivity contribution in [1.82, 2.24) is 4.90 Å². The van der Waals surface area contributed by atoms with E-state index < -0.39 is 11.7 Å². The number of hydrogen-bond donors (Lipinski definition) is 0. The van der Waals surface area contributed by atoms with Crippen molar-refractivity contribution >= 4 is 11.6 Å². The van der Waals surface area contributed by atoms with Crippen molar-refractivity contribution in [3.63, 3.8) is 0 Å². The molecule has 0 spiro atoms. The summed E-state index contributed by atoms with van der Waals surface area (Å²) in [6, 6.07) is 12.6. The van der Waals surface area contributed by atoms with E-state index in [2.05, 4.69) is 4.90 Å². The molecule has 2 aromatic carbocycles. The lowest BCUT2D eigenvalue weighted by Gasteiger charge is -2.36. The minimum Gasteiger partial charge on any atom is -0.489 e. The van der Waals surface area contributed by atoms with Crippen LogP contribution < -0.4 is 9.64 Å². The number of rotatable bonds is 7. The number of amides is 1. The van der Waals surface area contributed by atoms with Crippen LogP contribution in [0, 0.1) is 0 Å². The third kappa shape index (κ3) is 6.65. The highest BCUT2D eigenvalue weighted by molar-refractivity contribution is 5.77. The Balaban J connectivity index is 1.20. The molecule has 0 N–H and O–H groups in total. The van der Waals surface area contributed by atoms with E-state index >= 15 is 0 Å². The van der Waals surface area contributed by atoms with Gasteiger partial charge in [0.15, 0.2) is 0 Å². The summed E-state index contributed by atoms with van der Waals surface area (Å²) in [6.45, 7) is 3.21. The molecule has 1 aliphatic heterocycles. The lowest BCUT2D eigenvalue weighted by atomic mass is 9.98. The number of hydrogen-bond acceptors (Lipinski definition) is 4. The maximum absolute atomic E-state index is 12.7. The standard InChI is InChI=1S/C26H31F3N2O3/c27-26(28,29)21-8-6-20(7-9-21)18-33-24-12-10-22(11-13-24)30-14-16-31(17-15-30)25(32)19-34-23-4-2-1-3-5-23/h6-13,23H,1-5,14-19H2. The van der Waals surface area contributed by atoms with Gasteiger partial charge in [-0.3, -0.25) is 4.79 Å². The number of alkyl halides is 3. The Kier molecular flexibility index (Phi) is 7.98. The van der Waals surface area contributed by atoms with Crippen LogP contribution in [0.15, 0.2) is 48.5 Å². The average molecular weight is 477 g/mol. The zero-order chi connectivity index (χ0) is 24.0. The summed E-state index contributed by atoms with van der Waals surface area (Å²) in [4.78, 5) is 16.6. The largest absolute Gasteiger partial charge is 0.489 e. The normalized spacial score (nSPS) is 17.6. The first-order valence-electron chi connectivity index (χ1n) is 11.9. The number of ether oxygens (including phenoxy) is 2. The van der Waals surface area contributed by atoms with Crippen molar-refractivity contribution in [3.05, 3.63) is 59.7 Å². The zero-order valence-electron chi connectivity index (χ0n) is 19.2. The van der Waals surface area contributed by atoms with E-state index in [1.54, 1.807) is 0 Å². The molecule has 0 aromatic heterocycles. The van der Waals surface area contributed by atoms with E-state index in [4.69, 9.17) is 9.47 Å². The van der Waals surface area contributed by atoms with E-state index in [9.17, 15) is 18.0 Å². The van der Waals surface area contributed by atoms with Crippen LogP contribution in [0.2, 0.25) is 0 Å². The third-order valence-electron chi connectivity index (χ3n) is 6.52. The van der Waals surface area contributed by atoms with Gasteiger partial charge in [-0.05, 0) is 54.8 Å². The first-order chi connectivity index (χ1) is 16.4. The van der Waals surface area contributed by atoms with Crippen LogP contribution in [0.25, 0.3) is 0 Å². The second kappa shape index (κ2) is 11.1. The summed E-state index contributed by atoms with van der Waals surface area (Å²) in [6.07, 6.45) is 1.67. The Bertz CT molecular complexity index is 918. The second-order valence-electron chi connectivity index (χ2n) is 8.92. The summed E-state index contributed by atoms with van der Waals surface area (Å²) in [5, 5.41) is 0. The van der Waals surface area contributed by atoms with E-state index in [0.717, 1.165) is 43.8 Å². The van der Waals surface area contributed by atoms with Gasteiger partial charge in [-0.15, -0.1) is 0 Å². The minimum atomic E-state index is -4.34. The van der Waals surface area contributed by atoms with Crippen molar-refractivity contribution in [2.75, 3.05) is 37.7 Å². The highest BCUT2D eigenvalue weighted by Gasteiger charge is 2.30. The van der Waals surface area contributed by atoms with Gasteiger partial charge in [0.05, 0.1) is 11.7 Å². The third-order valence-corrected chi connectivity index (χ3v) is 6.52. The minimum absolute atomic E-state index is 0.0669. The van der Waals surface area contributed by atoms with Gasteiger partial charge in [-0.1, -0.05) is 31.4 Å². The maximum Gasteiger partial charge on any atom is 0.416 e. The average Bonchev–Trinajstić information content (AvgIpc) is 2.87. The lowest BCUT2D eigenvalue weighted by molar-refractivity contribution is -0.139. The summed E-state index contributed by atoms with van der Waals surface area (Å²) < 4.78 is 49.6. The molecule has 2 fully saturated rings. The van der Waals surface area contributed by atoms with Crippen LogP contribution in [-0.4, -0.2) is 49.7 Å². The van der Waals surface area contributed by atoms with Crippen molar-refractivity contribution in [2.45, 2.75) is 51.0 Å². The molecule has 0 unspecified atom stereocenters. The van der Waals surface area contributed by atoms with E-state index in [0.29, 0.717) is 24.4 Å². The van der Waals surface area contributed by atoms with Gasteiger partial charge in [0.2, 0.25) is 5.91 Å². The Labute approximate surface area is 198 Å². The van der Waals surface area contributed by atoms with Gasteiger partial charge in [0.25, 0.3) is 0 Å². The predicted octanol–water partition coefficient (Wildman–Crippen LogP) is 5.28. The van der Waals surface area contributed by atoms with Crippen molar-refractivity contribution in [1.29, 1.82) is 0 Å². The number of nitrogens with zero attached hydrogens (tertiary/aromatic N) is 2. The fourth-order valence-electron chi connectivity index (χ4n) is 4.44. The second-order valence-corrected chi connectivity index (χ2v) is 8.92. The van der Waals surface area contributed by atoms with Gasteiger partial charge in [-0.2, -0.15) is 13.2 Å². The van der Waals surface area contributed by atoms with Gasteiger partial charge in [0.1, 0.15) is 19.0 Å². The molecule has 34 heavy (non-hydrogen) atoms. The summed E-state index contributed by atoms with van der Waals surface area (Å²) in [5.41, 5.74) is 1.05. The molecule has 4 rings (SSSR count). The van der Waals surface area contributed by atoms with E-state index in [1.165, 1.54) is 31.4 Å². The molecule has 184 valence electrons. The van der Waals surface area contributed by atoms with Gasteiger partial charge < -0.3 is 19.3 Å². The van der Waals surface area contributed by atoms with Crippen LogP contribution in [0.4, 0.5) is 18.9 Å². The molecule has 0 radical (unpaired) electrons. The Morgan fingerprint density at radius 2 is 1.53 bits per heavy atom. The van der Waals surface area contributed by atoms with Crippen LogP contribution in [0.1, 0.15) is 43.2 Å². The van der Waals surface area contributed by atoms with Crippen LogP contribution in [-0.2, 0) is 22.3 Å². The number of halogens is 3. The quantitative estimate of drug-likeness (QED) is 0.545. The number of carbonyl (C=O) groups excluding carboxylic acids is 1. The molecule has 0 bridgehead atoms. The predicted molar refractivity (Wildman–Crippen MR) is 124 cm³/mol. The highest BCUT2D eigenvalue weighted by Crippen LogP contribution is 2.29. The number of anilines is 1. The molecule has 2 aromatic rings. The smallest absolute Gasteiger partial charge is 0.416 e. The Hall–Kier alpha value is -2.74. The molecule has 1 amide bonds. The fourth-order valence-corrected chi connectivity index (χ4v) is 4.44. The maximum atomic E-state index is 12.7. The summed E-state index contributed by atoms with van der Waals surface area (Å²) >= 11 is 0. The monoisotopic (exact) mass is 476 g/mol. The fraction of sp³-hybridized carbons (Fsp3) is 0.500. The van der Waals surface area contributed by atoms with Crippen molar-refractivity contribution in [3.8, 4) is 5.75 Å². The molecular formula is C26H31F3N2O3. The molecule has 2 aliphatic rings. The summed E-state index contributed by atoms with van der Waals surface area (Å²) in [5.74, 6) is 0.717. The van der Waals surface area contributed by atoms with Gasteiger partial charge in [0, 0.05) is 31.9 Å². The van der Waals surface area contributed by atoms with Gasteiger partial charge in [-0.25, -0.2) is 0 Å². The Morgan fingerprint density at radius 3 is 2.15 bits per heavy atom. The first kappa shape index (κ1) is 24.4. The SMILES string of the molecule is O=C(COC1CCCCC1)N1CCN(c2ccc(OCc3ccc(C(F)(F)F)cc3)cc2)CC1. The lowest BCUT2D eigenvalue weighted by Crippen LogP contribution is -2.50. The van der Waals surface area contributed by atoms with Crippen LogP contribution in [0.5, 0.6) is 5.75 Å². The molecule has 0 atom stereocenters. The zero-order valence-corrected chi connectivity index (χ0v) is 19.2. The molecule has 1 aliphatic carbocycles. The molecule has 1 heterocycles. The molecule has 1 saturated carbocycles. The topological polar surface area (TPSA) is 42.0 Å². The van der Waals surface area contributed by atoms with Crippen molar-refractivity contribution < 1.29 is 27.4 Å². The molecular weight excluding hydrogens is 445 g/mol. The van der Waals surface area contributed by atoms with E-state index in [-0.39, 0.29) is 25.2 Å². The molecule has 8 heteroatoms. The van der Waals surface area contributed by atoms with E-state index in [1.807, 2.05) is 29.2 Å². The summed E-state index contributed by atoms with van der Waals surface area (Å²) in [7, 11) is 0. The molecule has 1 saturated heterocycles.